The highest BCUT2D eigenvalue weighted by atomic mass is 19.1. The summed E-state index contributed by atoms with van der Waals surface area (Å²) in [6.07, 6.45) is 3.69. The lowest BCUT2D eigenvalue weighted by Crippen LogP contribution is -2.60. The first-order valence-electron chi connectivity index (χ1n) is 9.84. The van der Waals surface area contributed by atoms with Crippen molar-refractivity contribution in [3.8, 4) is 0 Å². The molecule has 0 bridgehead atoms. The van der Waals surface area contributed by atoms with Crippen LogP contribution in [0, 0.1) is 34.5 Å². The molecule has 3 N–H and O–H groups in total. The molecule has 0 heterocycles. The smallest absolute Gasteiger partial charge is 0.129 e. The third kappa shape index (κ3) is 1.99. The molecule has 138 valence electrons. The first kappa shape index (κ1) is 17.2. The maximum Gasteiger partial charge on any atom is 0.129 e. The lowest BCUT2D eigenvalue weighted by Gasteiger charge is -2.62. The van der Waals surface area contributed by atoms with Gasteiger partial charge in [-0.3, -0.25) is 0 Å². The van der Waals surface area contributed by atoms with E-state index in [-0.39, 0.29) is 23.4 Å². The predicted molar refractivity (Wildman–Crippen MR) is 90.0 cm³/mol. The zero-order chi connectivity index (χ0) is 17.5. The molecular formula is C20H33FO3. The molecule has 0 amide bonds. The largest absolute Gasteiger partial charge is 0.393 e. The molecule has 0 radical (unpaired) electrons. The topological polar surface area (TPSA) is 60.7 Å². The summed E-state index contributed by atoms with van der Waals surface area (Å²) in [7, 11) is 0. The minimum Gasteiger partial charge on any atom is -0.393 e. The Bertz CT molecular complexity index is 523. The fourth-order valence-electron chi connectivity index (χ4n) is 7.40. The molecule has 4 unspecified atom stereocenters. The van der Waals surface area contributed by atoms with Crippen LogP contribution in [-0.2, 0) is 0 Å². The van der Waals surface area contributed by atoms with E-state index in [4.69, 9.17) is 0 Å². The van der Waals surface area contributed by atoms with Crippen LogP contribution in [0.25, 0.3) is 0 Å². The van der Waals surface area contributed by atoms with Gasteiger partial charge in [0.1, 0.15) is 6.17 Å². The van der Waals surface area contributed by atoms with Crippen LogP contribution in [0.15, 0.2) is 0 Å². The number of hydrogen-bond acceptors (Lipinski definition) is 3. The molecule has 0 aromatic heterocycles. The molecule has 0 aromatic carbocycles. The summed E-state index contributed by atoms with van der Waals surface area (Å²) in [6, 6.07) is 0. The van der Waals surface area contributed by atoms with Gasteiger partial charge in [-0.1, -0.05) is 13.8 Å². The first-order valence-corrected chi connectivity index (χ1v) is 9.84. The summed E-state index contributed by atoms with van der Waals surface area (Å²) in [4.78, 5) is 0. The van der Waals surface area contributed by atoms with Crippen LogP contribution < -0.4 is 0 Å². The third-order valence-corrected chi connectivity index (χ3v) is 9.27. The molecule has 4 saturated carbocycles. The molecule has 3 nitrogen and oxygen atoms in total. The van der Waals surface area contributed by atoms with E-state index >= 15 is 0 Å². The van der Waals surface area contributed by atoms with E-state index in [0.717, 1.165) is 38.5 Å². The van der Waals surface area contributed by atoms with Gasteiger partial charge < -0.3 is 15.3 Å². The van der Waals surface area contributed by atoms with Crippen LogP contribution in [0.5, 0.6) is 0 Å². The van der Waals surface area contributed by atoms with Gasteiger partial charge in [-0.15, -0.1) is 0 Å². The highest BCUT2D eigenvalue weighted by Crippen LogP contribution is 2.68. The van der Waals surface area contributed by atoms with E-state index in [1.165, 1.54) is 0 Å². The number of alkyl halides is 1. The average molecular weight is 340 g/mol. The average Bonchev–Trinajstić information content (AvgIpc) is 2.68. The van der Waals surface area contributed by atoms with E-state index in [1.54, 1.807) is 6.92 Å². The van der Waals surface area contributed by atoms with E-state index in [9.17, 15) is 19.7 Å². The maximum absolute atomic E-state index is 14.6. The van der Waals surface area contributed by atoms with E-state index < -0.39 is 23.3 Å². The van der Waals surface area contributed by atoms with Gasteiger partial charge in [0.05, 0.1) is 17.8 Å². The third-order valence-electron chi connectivity index (χ3n) is 9.27. The number of hydrogen-bond donors (Lipinski definition) is 3. The highest BCUT2D eigenvalue weighted by molar-refractivity contribution is 5.17. The molecule has 0 spiro atoms. The van der Waals surface area contributed by atoms with Crippen LogP contribution in [0.1, 0.15) is 65.7 Å². The molecular weight excluding hydrogens is 307 g/mol. The van der Waals surface area contributed by atoms with E-state index in [2.05, 4.69) is 6.92 Å². The molecule has 4 fully saturated rings. The van der Waals surface area contributed by atoms with Gasteiger partial charge in [0.2, 0.25) is 0 Å². The number of fused-ring (bicyclic) bond motifs is 5. The Kier molecular flexibility index (Phi) is 3.71. The highest BCUT2D eigenvalue weighted by Gasteiger charge is 2.68. The molecule has 24 heavy (non-hydrogen) atoms. The second-order valence-corrected chi connectivity index (χ2v) is 10.0. The van der Waals surface area contributed by atoms with Crippen molar-refractivity contribution in [1.29, 1.82) is 0 Å². The molecule has 0 saturated heterocycles. The first-order chi connectivity index (χ1) is 11.1. The Labute approximate surface area is 144 Å². The van der Waals surface area contributed by atoms with Crippen LogP contribution in [0.3, 0.4) is 0 Å². The van der Waals surface area contributed by atoms with Crippen LogP contribution in [-0.4, -0.2) is 39.3 Å². The molecule has 0 aromatic rings. The van der Waals surface area contributed by atoms with Crippen molar-refractivity contribution < 1.29 is 19.7 Å². The zero-order valence-electron chi connectivity index (χ0n) is 15.2. The Morgan fingerprint density at radius 3 is 2.33 bits per heavy atom. The van der Waals surface area contributed by atoms with Gasteiger partial charge >= 0.3 is 0 Å². The molecule has 4 heteroatoms. The van der Waals surface area contributed by atoms with Crippen LogP contribution in [0.2, 0.25) is 0 Å². The van der Waals surface area contributed by atoms with Crippen molar-refractivity contribution in [2.45, 2.75) is 89.7 Å². The summed E-state index contributed by atoms with van der Waals surface area (Å²) in [5.74, 6) is 0.899. The van der Waals surface area contributed by atoms with Gasteiger partial charge in [0, 0.05) is 5.41 Å². The standard InChI is InChI=1S/C20H33FO3/c1-18-6-4-12(22)8-11(18)9-15(23)17-13(18)5-7-19(2)14(17)10-16(21)20(19,3)24/h11-17,22-24H,4-10H2,1-3H3/t11?,12-,13?,14?,15-,16+,17?,18-,19-,20-/m0/s1. The second kappa shape index (κ2) is 5.17. The summed E-state index contributed by atoms with van der Waals surface area (Å²) in [5.41, 5.74) is -1.58. The van der Waals surface area contributed by atoms with Crippen molar-refractivity contribution >= 4 is 0 Å². The molecule has 4 aliphatic rings. The van der Waals surface area contributed by atoms with Crippen molar-refractivity contribution in [3.63, 3.8) is 0 Å². The van der Waals surface area contributed by atoms with Crippen molar-refractivity contribution in [3.05, 3.63) is 0 Å². The monoisotopic (exact) mass is 340 g/mol. The van der Waals surface area contributed by atoms with Gasteiger partial charge in [0.25, 0.3) is 0 Å². The summed E-state index contributed by atoms with van der Waals surface area (Å²) in [5, 5.41) is 31.9. The number of rotatable bonds is 0. The fraction of sp³-hybridized carbons (Fsp3) is 1.00. The molecule has 4 aliphatic carbocycles. The minimum absolute atomic E-state index is 0.0564. The van der Waals surface area contributed by atoms with E-state index in [1.807, 2.05) is 6.92 Å². The minimum atomic E-state index is -1.29. The predicted octanol–water partition coefficient (Wildman–Crippen LogP) is 3.06. The van der Waals surface area contributed by atoms with Crippen LogP contribution in [0.4, 0.5) is 4.39 Å². The Morgan fingerprint density at radius 1 is 0.917 bits per heavy atom. The van der Waals surface area contributed by atoms with Gasteiger partial charge in [-0.25, -0.2) is 4.39 Å². The number of aliphatic hydroxyl groups excluding tert-OH is 2. The molecule has 0 aliphatic heterocycles. The van der Waals surface area contributed by atoms with Crippen molar-refractivity contribution in [2.24, 2.45) is 34.5 Å². The Morgan fingerprint density at radius 2 is 1.62 bits per heavy atom. The summed E-state index contributed by atoms with van der Waals surface area (Å²) < 4.78 is 14.6. The van der Waals surface area contributed by atoms with Crippen molar-refractivity contribution in [2.75, 3.05) is 0 Å². The maximum atomic E-state index is 14.6. The molecule has 10 atom stereocenters. The Hall–Kier alpha value is -0.190. The lowest BCUT2D eigenvalue weighted by molar-refractivity contribution is -0.191. The number of aliphatic hydroxyl groups is 3. The van der Waals surface area contributed by atoms with Gasteiger partial charge in [0.15, 0.2) is 0 Å². The van der Waals surface area contributed by atoms with Crippen molar-refractivity contribution in [1.82, 2.24) is 0 Å². The quantitative estimate of drug-likeness (QED) is 0.635. The Balaban J connectivity index is 1.70. The second-order valence-electron chi connectivity index (χ2n) is 10.0. The normalized spacial score (nSPS) is 63.4. The molecule has 4 rings (SSSR count). The number of halogens is 1. The SMILES string of the molecule is C[C@]12CC[C@H](O)CC1C[C@H](O)C1C2CC[C@@]2(C)C1C[C@@H](F)[C@]2(C)O. The van der Waals surface area contributed by atoms with Crippen LogP contribution >= 0.6 is 0 Å². The van der Waals surface area contributed by atoms with Gasteiger partial charge in [-0.05, 0) is 81.0 Å². The van der Waals surface area contributed by atoms with Gasteiger partial charge in [-0.2, -0.15) is 0 Å². The fourth-order valence-corrected chi connectivity index (χ4v) is 7.40. The zero-order valence-corrected chi connectivity index (χ0v) is 15.2. The lowest BCUT2D eigenvalue weighted by atomic mass is 9.44. The van der Waals surface area contributed by atoms with E-state index in [0.29, 0.717) is 18.3 Å². The summed E-state index contributed by atoms with van der Waals surface area (Å²) in [6.45, 7) is 6.05. The summed E-state index contributed by atoms with van der Waals surface area (Å²) >= 11 is 0.